The van der Waals surface area contributed by atoms with Crippen molar-refractivity contribution in [2.24, 2.45) is 4.40 Å². The molecule has 2 aromatic carbocycles. The molecule has 1 fully saturated rings. The van der Waals surface area contributed by atoms with Crippen molar-refractivity contribution in [1.29, 1.82) is 0 Å². The lowest BCUT2D eigenvalue weighted by molar-refractivity contribution is -0.121. The number of amides is 1. The van der Waals surface area contributed by atoms with Gasteiger partial charge in [-0.3, -0.25) is 9.69 Å². The van der Waals surface area contributed by atoms with Crippen molar-refractivity contribution in [3.63, 3.8) is 0 Å². The largest absolute Gasteiger partial charge is 0.284 e. The second kappa shape index (κ2) is 8.58. The summed E-state index contributed by atoms with van der Waals surface area (Å²) in [5.74, 6) is -0.288. The summed E-state index contributed by atoms with van der Waals surface area (Å²) in [5, 5.41) is 0.131. The van der Waals surface area contributed by atoms with E-state index in [1.165, 1.54) is 17.0 Å². The molecule has 0 unspecified atom stereocenters. The molecule has 1 heterocycles. The maximum Gasteiger partial charge on any atom is 0.284 e. The number of aryl methyl sites for hydroxylation is 1. The maximum atomic E-state index is 12.7. The van der Waals surface area contributed by atoms with Crippen LogP contribution in [0, 0.1) is 0 Å². The zero-order chi connectivity index (χ0) is 20.1. The van der Waals surface area contributed by atoms with Gasteiger partial charge in [0.1, 0.15) is 0 Å². The normalized spacial score (nSPS) is 17.5. The van der Waals surface area contributed by atoms with Gasteiger partial charge in [0.2, 0.25) is 0 Å². The number of hydrogen-bond acceptors (Lipinski definition) is 4. The molecular weight excluding hydrogens is 392 g/mol. The van der Waals surface area contributed by atoms with E-state index in [9.17, 15) is 13.2 Å². The van der Waals surface area contributed by atoms with E-state index in [0.29, 0.717) is 4.91 Å². The second-order valence-electron chi connectivity index (χ2n) is 6.07. The van der Waals surface area contributed by atoms with Crippen LogP contribution in [0.2, 0.25) is 0 Å². The van der Waals surface area contributed by atoms with Crippen LogP contribution >= 0.6 is 11.8 Å². The van der Waals surface area contributed by atoms with Crippen LogP contribution in [0.25, 0.3) is 6.08 Å². The van der Waals surface area contributed by atoms with Gasteiger partial charge >= 0.3 is 0 Å². The number of sulfonamides is 1. The summed E-state index contributed by atoms with van der Waals surface area (Å²) in [5.41, 5.74) is 1.90. The Labute approximate surface area is 169 Å². The van der Waals surface area contributed by atoms with Gasteiger partial charge in [0, 0.05) is 6.54 Å². The van der Waals surface area contributed by atoms with Gasteiger partial charge in [0.25, 0.3) is 15.9 Å². The molecule has 0 aliphatic carbocycles. The van der Waals surface area contributed by atoms with Gasteiger partial charge in [-0.15, -0.1) is 11.0 Å². The van der Waals surface area contributed by atoms with E-state index in [2.05, 4.69) is 11.0 Å². The van der Waals surface area contributed by atoms with Crippen molar-refractivity contribution in [2.75, 3.05) is 6.54 Å². The zero-order valence-electron chi connectivity index (χ0n) is 15.4. The Hall–Kier alpha value is -2.64. The SMILES string of the molecule is C=CCN1C(=O)/C(=C/c2ccccc2)S/C1=N\S(=O)(=O)c1ccc(CC)cc1. The lowest BCUT2D eigenvalue weighted by Crippen LogP contribution is -2.29. The Morgan fingerprint density at radius 1 is 1.11 bits per heavy atom. The van der Waals surface area contributed by atoms with Crippen molar-refractivity contribution >= 4 is 38.9 Å². The smallest absolute Gasteiger partial charge is 0.282 e. The topological polar surface area (TPSA) is 66.8 Å². The van der Waals surface area contributed by atoms with Gasteiger partial charge < -0.3 is 0 Å². The molecule has 1 aliphatic heterocycles. The number of thioether (sulfide) groups is 1. The van der Waals surface area contributed by atoms with Crippen molar-refractivity contribution in [2.45, 2.75) is 18.2 Å². The average Bonchev–Trinajstić information content (AvgIpc) is 2.97. The molecule has 0 spiro atoms. The Kier molecular flexibility index (Phi) is 6.16. The highest BCUT2D eigenvalue weighted by atomic mass is 32.2. The minimum atomic E-state index is -3.93. The number of benzene rings is 2. The van der Waals surface area contributed by atoms with Crippen LogP contribution in [0.15, 0.2) is 81.5 Å². The van der Waals surface area contributed by atoms with E-state index in [1.54, 1.807) is 24.3 Å². The summed E-state index contributed by atoms with van der Waals surface area (Å²) in [6.45, 7) is 5.83. The van der Waals surface area contributed by atoms with E-state index < -0.39 is 10.0 Å². The summed E-state index contributed by atoms with van der Waals surface area (Å²) in [4.78, 5) is 14.6. The Balaban J connectivity index is 1.97. The zero-order valence-corrected chi connectivity index (χ0v) is 17.0. The van der Waals surface area contributed by atoms with Crippen molar-refractivity contribution in [1.82, 2.24) is 4.90 Å². The molecule has 2 aromatic rings. The number of hydrogen-bond donors (Lipinski definition) is 0. The Morgan fingerprint density at radius 3 is 2.39 bits per heavy atom. The second-order valence-corrected chi connectivity index (χ2v) is 8.69. The van der Waals surface area contributed by atoms with Gasteiger partial charge in [-0.25, -0.2) is 0 Å². The first kappa shape index (κ1) is 20.1. The van der Waals surface area contributed by atoms with Crippen molar-refractivity contribution in [3.8, 4) is 0 Å². The first-order valence-electron chi connectivity index (χ1n) is 8.76. The molecule has 0 saturated carbocycles. The van der Waals surface area contributed by atoms with Gasteiger partial charge in [0.05, 0.1) is 9.80 Å². The maximum absolute atomic E-state index is 12.7. The van der Waals surface area contributed by atoms with E-state index in [4.69, 9.17) is 0 Å². The summed E-state index contributed by atoms with van der Waals surface area (Å²) >= 11 is 1.05. The number of rotatable bonds is 6. The predicted molar refractivity (Wildman–Crippen MR) is 114 cm³/mol. The van der Waals surface area contributed by atoms with E-state index in [-0.39, 0.29) is 22.5 Å². The fourth-order valence-corrected chi connectivity index (χ4v) is 4.81. The minimum absolute atomic E-state index is 0.101. The molecule has 0 bridgehead atoms. The quantitative estimate of drug-likeness (QED) is 0.529. The van der Waals surface area contributed by atoms with Crippen LogP contribution < -0.4 is 0 Å². The summed E-state index contributed by atoms with van der Waals surface area (Å²) in [6, 6.07) is 16.0. The fraction of sp³-hybridized carbons (Fsp3) is 0.143. The minimum Gasteiger partial charge on any atom is -0.282 e. The third kappa shape index (κ3) is 4.43. The monoisotopic (exact) mass is 412 g/mol. The lowest BCUT2D eigenvalue weighted by Gasteiger charge is -2.12. The van der Waals surface area contributed by atoms with E-state index >= 15 is 0 Å². The highest BCUT2D eigenvalue weighted by Gasteiger charge is 2.34. The number of carbonyl (C=O) groups is 1. The molecule has 0 N–H and O–H groups in total. The fourth-order valence-electron chi connectivity index (χ4n) is 2.62. The highest BCUT2D eigenvalue weighted by Crippen LogP contribution is 2.33. The van der Waals surface area contributed by atoms with Crippen molar-refractivity contribution in [3.05, 3.63) is 83.3 Å². The molecule has 1 aliphatic rings. The van der Waals surface area contributed by atoms with Gasteiger partial charge in [0.15, 0.2) is 5.17 Å². The van der Waals surface area contributed by atoms with Crippen LogP contribution in [0.3, 0.4) is 0 Å². The molecule has 28 heavy (non-hydrogen) atoms. The van der Waals surface area contributed by atoms with Crippen LogP contribution in [-0.4, -0.2) is 30.9 Å². The number of nitrogens with zero attached hydrogens (tertiary/aromatic N) is 2. The van der Waals surface area contributed by atoms with Crippen LogP contribution in [0.1, 0.15) is 18.1 Å². The third-order valence-corrected chi connectivity index (χ3v) is 6.53. The third-order valence-electron chi connectivity index (χ3n) is 4.12. The molecule has 144 valence electrons. The molecule has 0 radical (unpaired) electrons. The first-order valence-corrected chi connectivity index (χ1v) is 11.0. The standard InChI is InChI=1S/C21H20N2O3S2/c1-3-14-23-20(24)19(15-17-8-6-5-7-9-17)27-21(23)22-28(25,26)18-12-10-16(4-2)11-13-18/h3,5-13,15H,1,4,14H2,2H3/b19-15-,22-21-. The summed E-state index contributed by atoms with van der Waals surface area (Å²) < 4.78 is 29.4. The molecule has 7 heteroatoms. The van der Waals surface area contributed by atoms with E-state index in [0.717, 1.165) is 29.3 Å². The van der Waals surface area contributed by atoms with Crippen LogP contribution in [0.4, 0.5) is 0 Å². The number of carbonyl (C=O) groups excluding carboxylic acids is 1. The molecule has 5 nitrogen and oxygen atoms in total. The first-order chi connectivity index (χ1) is 13.4. The molecule has 1 amide bonds. The number of amidine groups is 1. The van der Waals surface area contributed by atoms with Crippen molar-refractivity contribution < 1.29 is 13.2 Å². The van der Waals surface area contributed by atoms with Crippen LogP contribution in [0.5, 0.6) is 0 Å². The average molecular weight is 413 g/mol. The molecule has 1 saturated heterocycles. The molecule has 0 atom stereocenters. The predicted octanol–water partition coefficient (Wildman–Crippen LogP) is 4.10. The van der Waals surface area contributed by atoms with Gasteiger partial charge in [-0.1, -0.05) is 55.5 Å². The van der Waals surface area contributed by atoms with Gasteiger partial charge in [-0.2, -0.15) is 8.42 Å². The molecule has 3 rings (SSSR count). The van der Waals surface area contributed by atoms with E-state index in [1.807, 2.05) is 37.3 Å². The van der Waals surface area contributed by atoms with Gasteiger partial charge in [-0.05, 0) is 47.5 Å². The molecule has 0 aromatic heterocycles. The van der Waals surface area contributed by atoms with Crippen LogP contribution in [-0.2, 0) is 21.2 Å². The molecular formula is C21H20N2O3S2. The Bertz CT molecular complexity index is 1040. The highest BCUT2D eigenvalue weighted by molar-refractivity contribution is 8.19. The lowest BCUT2D eigenvalue weighted by atomic mass is 10.2. The summed E-state index contributed by atoms with van der Waals surface area (Å²) in [6.07, 6.45) is 4.09. The summed E-state index contributed by atoms with van der Waals surface area (Å²) in [7, 11) is -3.93. The Morgan fingerprint density at radius 2 is 1.79 bits per heavy atom.